The van der Waals surface area contributed by atoms with E-state index in [1.807, 2.05) is 6.92 Å². The molecule has 0 radical (unpaired) electrons. The van der Waals surface area contributed by atoms with Crippen molar-refractivity contribution in [2.75, 3.05) is 13.2 Å². The van der Waals surface area contributed by atoms with Crippen molar-refractivity contribution in [3.8, 4) is 0 Å². The molecule has 0 aliphatic rings. The van der Waals surface area contributed by atoms with Gasteiger partial charge in [0.2, 0.25) is 0 Å². The van der Waals surface area contributed by atoms with Gasteiger partial charge in [0.25, 0.3) is 0 Å². The minimum atomic E-state index is -0.176. The average Bonchev–Trinajstić information content (AvgIpc) is 2.01. The molecule has 1 atom stereocenters. The third-order valence-electron chi connectivity index (χ3n) is 1.29. The molecule has 0 spiro atoms. The molecule has 0 aromatic carbocycles. The molecule has 0 heterocycles. The molecule has 1 unspecified atom stereocenters. The van der Waals surface area contributed by atoms with Gasteiger partial charge < -0.3 is 4.74 Å². The van der Waals surface area contributed by atoms with E-state index in [4.69, 9.17) is 4.74 Å². The number of rotatable bonds is 5. The Labute approximate surface area is 77.8 Å². The van der Waals surface area contributed by atoms with Gasteiger partial charge in [0.1, 0.15) is 0 Å². The maximum Gasteiger partial charge on any atom is 0.306 e. The van der Waals surface area contributed by atoms with E-state index < -0.39 is 0 Å². The second-order valence-corrected chi connectivity index (χ2v) is 2.73. The normalized spacial score (nSPS) is 11.5. The van der Waals surface area contributed by atoms with E-state index >= 15 is 0 Å². The first-order valence-corrected chi connectivity index (χ1v) is 4.30. The first-order valence-electron chi connectivity index (χ1n) is 3.90. The molecule has 0 amide bonds. The number of carbonyl (C=O) groups is 1. The Kier molecular flexibility index (Phi) is 6.53. The molecule has 0 bridgehead atoms. The Bertz CT molecular complexity index is 187. The van der Waals surface area contributed by atoms with Crippen molar-refractivity contribution < 1.29 is 9.53 Å². The zero-order chi connectivity index (χ0) is 9.40. The molecule has 12 heavy (non-hydrogen) atoms. The fourth-order valence-electron chi connectivity index (χ4n) is 0.762. The van der Waals surface area contributed by atoms with Crippen molar-refractivity contribution in [3.05, 3.63) is 0 Å². The summed E-state index contributed by atoms with van der Waals surface area (Å²) in [6, 6.07) is 0. The summed E-state index contributed by atoms with van der Waals surface area (Å²) in [5, 5.41) is 2.26. The number of nitrogens with zero attached hydrogens (tertiary/aromatic N) is 1. The number of hydrogen-bond acceptors (Lipinski definition) is 4. The Hall–Kier alpha value is -0.730. The number of ether oxygens (including phenoxy) is 1. The van der Waals surface area contributed by atoms with Crippen LogP contribution >= 0.6 is 12.2 Å². The summed E-state index contributed by atoms with van der Waals surface area (Å²) in [4.78, 5) is 14.6. The van der Waals surface area contributed by atoms with E-state index in [0.717, 1.165) is 0 Å². The predicted octanol–water partition coefficient (Wildman–Crippen LogP) is 1.68. The summed E-state index contributed by atoms with van der Waals surface area (Å²) in [6.07, 6.45) is 0.397. The van der Waals surface area contributed by atoms with Crippen molar-refractivity contribution in [3.63, 3.8) is 0 Å². The lowest BCUT2D eigenvalue weighted by Crippen LogP contribution is -2.11. The topological polar surface area (TPSA) is 38.7 Å². The second-order valence-electron chi connectivity index (χ2n) is 2.55. The van der Waals surface area contributed by atoms with Crippen LogP contribution < -0.4 is 0 Å². The molecule has 0 N–H and O–H groups in total. The van der Waals surface area contributed by atoms with E-state index in [1.54, 1.807) is 6.92 Å². The Morgan fingerprint density at radius 3 is 2.92 bits per heavy atom. The van der Waals surface area contributed by atoms with Crippen molar-refractivity contribution in [2.24, 2.45) is 10.9 Å². The van der Waals surface area contributed by atoms with Gasteiger partial charge in [-0.15, -0.1) is 0 Å². The fraction of sp³-hybridized carbons (Fsp3) is 0.750. The molecule has 0 aromatic heterocycles. The molecule has 0 aromatic rings. The van der Waals surface area contributed by atoms with Crippen LogP contribution in [0.4, 0.5) is 0 Å². The number of aliphatic imine (C=N–C) groups is 1. The standard InChI is InChI=1S/C8H13NO2S/c1-3-11-8(10)4-7(2)5-9-6-12/h7H,3-5H2,1-2H3. The summed E-state index contributed by atoms with van der Waals surface area (Å²) >= 11 is 4.40. The molecule has 0 aliphatic heterocycles. The van der Waals surface area contributed by atoms with Gasteiger partial charge in [0, 0.05) is 6.42 Å². The predicted molar refractivity (Wildman–Crippen MR) is 50.3 cm³/mol. The van der Waals surface area contributed by atoms with Crippen molar-refractivity contribution in [2.45, 2.75) is 20.3 Å². The minimum Gasteiger partial charge on any atom is -0.466 e. The van der Waals surface area contributed by atoms with E-state index in [0.29, 0.717) is 19.6 Å². The largest absolute Gasteiger partial charge is 0.466 e. The van der Waals surface area contributed by atoms with Gasteiger partial charge in [0.05, 0.1) is 18.3 Å². The van der Waals surface area contributed by atoms with Gasteiger partial charge in [0.15, 0.2) is 0 Å². The van der Waals surface area contributed by atoms with Crippen LogP contribution in [0.1, 0.15) is 20.3 Å². The van der Waals surface area contributed by atoms with Crippen LogP contribution in [-0.4, -0.2) is 24.3 Å². The average molecular weight is 187 g/mol. The lowest BCUT2D eigenvalue weighted by Gasteiger charge is -2.05. The molecule has 0 fully saturated rings. The minimum absolute atomic E-state index is 0.176. The summed E-state index contributed by atoms with van der Waals surface area (Å²) in [5.41, 5.74) is 0. The third-order valence-corrected chi connectivity index (χ3v) is 1.42. The van der Waals surface area contributed by atoms with Crippen molar-refractivity contribution in [1.29, 1.82) is 0 Å². The molecular weight excluding hydrogens is 174 g/mol. The molecule has 0 saturated carbocycles. The van der Waals surface area contributed by atoms with Gasteiger partial charge in [-0.3, -0.25) is 4.79 Å². The molecule has 4 heteroatoms. The molecule has 3 nitrogen and oxygen atoms in total. The first-order chi connectivity index (χ1) is 5.70. The lowest BCUT2D eigenvalue weighted by atomic mass is 10.1. The smallest absolute Gasteiger partial charge is 0.306 e. The maximum absolute atomic E-state index is 10.9. The molecule has 0 saturated heterocycles. The first kappa shape index (κ1) is 11.3. The van der Waals surface area contributed by atoms with Gasteiger partial charge in [-0.1, -0.05) is 6.92 Å². The van der Waals surface area contributed by atoms with E-state index in [9.17, 15) is 4.79 Å². The number of carbonyl (C=O) groups excluding carboxylic acids is 1. The highest BCUT2D eigenvalue weighted by atomic mass is 32.1. The number of thiocarbonyl (C=S) groups is 1. The monoisotopic (exact) mass is 187 g/mol. The van der Waals surface area contributed by atoms with E-state index in [1.165, 1.54) is 0 Å². The highest BCUT2D eigenvalue weighted by Crippen LogP contribution is 2.03. The van der Waals surface area contributed by atoms with Crippen molar-refractivity contribution in [1.82, 2.24) is 0 Å². The molecule has 68 valence electrons. The maximum atomic E-state index is 10.9. The Morgan fingerprint density at radius 1 is 1.75 bits per heavy atom. The van der Waals surface area contributed by atoms with Gasteiger partial charge >= 0.3 is 5.97 Å². The summed E-state index contributed by atoms with van der Waals surface area (Å²) in [5.74, 6) is 0.00377. The quantitative estimate of drug-likeness (QED) is 0.373. The van der Waals surface area contributed by atoms with Crippen LogP contribution in [0, 0.1) is 5.92 Å². The second kappa shape index (κ2) is 6.95. The van der Waals surface area contributed by atoms with Crippen LogP contribution in [0.2, 0.25) is 0 Å². The van der Waals surface area contributed by atoms with Crippen LogP contribution in [0.25, 0.3) is 0 Å². The Balaban J connectivity index is 3.60. The number of hydrogen-bond donors (Lipinski definition) is 0. The summed E-state index contributed by atoms with van der Waals surface area (Å²) < 4.78 is 4.77. The molecule has 0 rings (SSSR count). The number of isothiocyanates is 1. The van der Waals surface area contributed by atoms with Crippen molar-refractivity contribution >= 4 is 23.3 Å². The van der Waals surface area contributed by atoms with Gasteiger partial charge in [-0.25, -0.2) is 4.99 Å². The van der Waals surface area contributed by atoms with Crippen LogP contribution in [0.3, 0.4) is 0 Å². The molecular formula is C8H13NO2S. The zero-order valence-corrected chi connectivity index (χ0v) is 8.19. The fourth-order valence-corrected chi connectivity index (χ4v) is 0.837. The van der Waals surface area contributed by atoms with E-state index in [2.05, 4.69) is 22.4 Å². The van der Waals surface area contributed by atoms with Gasteiger partial charge in [-0.2, -0.15) is 0 Å². The highest BCUT2D eigenvalue weighted by Gasteiger charge is 2.08. The van der Waals surface area contributed by atoms with Crippen LogP contribution in [-0.2, 0) is 9.53 Å². The zero-order valence-electron chi connectivity index (χ0n) is 7.37. The highest BCUT2D eigenvalue weighted by molar-refractivity contribution is 7.78. The summed E-state index contributed by atoms with van der Waals surface area (Å²) in [7, 11) is 0. The number of esters is 1. The van der Waals surface area contributed by atoms with E-state index in [-0.39, 0.29) is 11.9 Å². The van der Waals surface area contributed by atoms with Crippen LogP contribution in [0.15, 0.2) is 4.99 Å². The van der Waals surface area contributed by atoms with Gasteiger partial charge in [-0.05, 0) is 25.1 Å². The Morgan fingerprint density at radius 2 is 2.42 bits per heavy atom. The SMILES string of the molecule is CCOC(=O)CC(C)CN=C=S. The van der Waals surface area contributed by atoms with Crippen LogP contribution in [0.5, 0.6) is 0 Å². The molecule has 0 aliphatic carbocycles. The lowest BCUT2D eigenvalue weighted by molar-refractivity contribution is -0.144. The third kappa shape index (κ3) is 6.01. The summed E-state index contributed by atoms with van der Waals surface area (Å²) in [6.45, 7) is 4.69.